The van der Waals surface area contributed by atoms with Crippen molar-refractivity contribution >= 4 is 22.5 Å². The molecule has 2 heterocycles. The molecule has 1 aromatic heterocycles. The van der Waals surface area contributed by atoms with Crippen molar-refractivity contribution in [1.29, 1.82) is 0 Å². The highest BCUT2D eigenvalue weighted by Gasteiger charge is 2.87. The molecule has 31 heavy (non-hydrogen) atoms. The van der Waals surface area contributed by atoms with Crippen molar-refractivity contribution in [1.82, 2.24) is 4.98 Å². The Morgan fingerprint density at radius 3 is 2.58 bits per heavy atom. The average Bonchev–Trinajstić information content (AvgIpc) is 3.43. The Bertz CT molecular complexity index is 1220. The first kappa shape index (κ1) is 19.9. The van der Waals surface area contributed by atoms with Gasteiger partial charge in [-0.25, -0.2) is 6.57 Å². The van der Waals surface area contributed by atoms with Crippen LogP contribution in [0.1, 0.15) is 57.9 Å². The van der Waals surface area contributed by atoms with Gasteiger partial charge in [0.1, 0.15) is 6.10 Å². The SMILES string of the molecule is [C-]#[N+]C12[C@H]3O[C@H]3C(C)(C)c3[nH]c4cccc5c4c3[C@]1(O)[C@H](C[C@@H](Cl)[C@]2(C)C=C)C5(C)C. The van der Waals surface area contributed by atoms with Crippen molar-refractivity contribution in [3.63, 3.8) is 0 Å². The van der Waals surface area contributed by atoms with Crippen LogP contribution in [0.25, 0.3) is 15.7 Å². The number of alkyl halides is 1. The lowest BCUT2D eigenvalue weighted by Gasteiger charge is -2.61. The first-order valence-corrected chi connectivity index (χ1v) is 11.6. The van der Waals surface area contributed by atoms with Crippen LogP contribution in [0.3, 0.4) is 0 Å². The predicted molar refractivity (Wildman–Crippen MR) is 122 cm³/mol. The Balaban J connectivity index is 1.88. The molecule has 1 aromatic carbocycles. The Labute approximate surface area is 188 Å². The van der Waals surface area contributed by atoms with Gasteiger partial charge in [0.05, 0.1) is 10.8 Å². The van der Waals surface area contributed by atoms with Gasteiger partial charge in [0.2, 0.25) is 0 Å². The average molecular weight is 437 g/mol. The number of H-pyrrole nitrogens is 1. The van der Waals surface area contributed by atoms with Crippen LogP contribution in [0.2, 0.25) is 0 Å². The quantitative estimate of drug-likeness (QED) is 0.280. The van der Waals surface area contributed by atoms with E-state index < -0.39 is 22.7 Å². The minimum absolute atomic E-state index is 0.172. The van der Waals surface area contributed by atoms with Crippen LogP contribution >= 0.6 is 11.6 Å². The highest BCUT2D eigenvalue weighted by molar-refractivity contribution is 6.21. The molecule has 0 spiro atoms. The number of hydrogen-bond donors (Lipinski definition) is 2. The van der Waals surface area contributed by atoms with E-state index in [9.17, 15) is 5.11 Å². The lowest BCUT2D eigenvalue weighted by Crippen LogP contribution is -2.73. The van der Waals surface area contributed by atoms with Crippen LogP contribution in [0.15, 0.2) is 30.9 Å². The van der Waals surface area contributed by atoms with Crippen molar-refractivity contribution < 1.29 is 9.84 Å². The fourth-order valence-electron chi connectivity index (χ4n) is 7.75. The number of aliphatic hydroxyl groups is 1. The highest BCUT2D eigenvalue weighted by atomic mass is 35.5. The number of aromatic nitrogens is 1. The van der Waals surface area contributed by atoms with E-state index in [0.717, 1.165) is 22.2 Å². The third kappa shape index (κ3) is 1.72. The summed E-state index contributed by atoms with van der Waals surface area (Å²) in [6, 6.07) is 6.34. The Kier molecular flexibility index (Phi) is 3.35. The van der Waals surface area contributed by atoms with Crippen molar-refractivity contribution in [2.24, 2.45) is 11.3 Å². The minimum atomic E-state index is -1.41. The summed E-state index contributed by atoms with van der Waals surface area (Å²) in [5.74, 6) is -0.226. The summed E-state index contributed by atoms with van der Waals surface area (Å²) in [4.78, 5) is 7.99. The highest BCUT2D eigenvalue weighted by Crippen LogP contribution is 2.73. The molecule has 1 aliphatic heterocycles. The molecule has 162 valence electrons. The zero-order valence-corrected chi connectivity index (χ0v) is 19.5. The number of epoxide rings is 1. The summed E-state index contributed by atoms with van der Waals surface area (Å²) in [6.45, 7) is 23.4. The van der Waals surface area contributed by atoms with Gasteiger partial charge in [0.25, 0.3) is 0 Å². The monoisotopic (exact) mass is 436 g/mol. The number of nitrogens with one attached hydrogen (secondary N) is 1. The maximum atomic E-state index is 13.1. The summed E-state index contributed by atoms with van der Waals surface area (Å²) < 4.78 is 6.34. The molecule has 2 N–H and O–H groups in total. The molecule has 0 amide bonds. The molecule has 0 bridgehead atoms. The Morgan fingerprint density at radius 1 is 1.23 bits per heavy atom. The van der Waals surface area contributed by atoms with Crippen LogP contribution in [0.4, 0.5) is 0 Å². The van der Waals surface area contributed by atoms with E-state index in [-0.39, 0.29) is 28.2 Å². The third-order valence-corrected chi connectivity index (χ3v) is 10.3. The lowest BCUT2D eigenvalue weighted by molar-refractivity contribution is -0.166. The number of nitrogens with zero attached hydrogens (tertiary/aromatic N) is 1. The first-order valence-electron chi connectivity index (χ1n) is 11.1. The van der Waals surface area contributed by atoms with Gasteiger partial charge >= 0.3 is 5.54 Å². The van der Waals surface area contributed by atoms with Gasteiger partial charge in [0.15, 0.2) is 11.7 Å². The van der Waals surface area contributed by atoms with Gasteiger partial charge in [0, 0.05) is 33.5 Å². The second kappa shape index (κ2) is 5.22. The van der Waals surface area contributed by atoms with Crippen LogP contribution in [-0.2, 0) is 21.2 Å². The van der Waals surface area contributed by atoms with Gasteiger partial charge in [-0.05, 0) is 30.4 Å². The standard InChI is InChI=1S/C26H29ClN2O2/c1-8-24(6)16(27)12-15-22(2,3)13-10-9-11-14-17(13)18-19(29-14)23(4,5)20-21(31-20)26(24,28-7)25(15,18)30/h8-11,15-16,20-21,29-30H,1,12H2,2-6H3/t15-,16-,20-,21+,24+,25-,26?/m1/s1. The summed E-state index contributed by atoms with van der Waals surface area (Å²) in [5.41, 5.74) is -0.110. The van der Waals surface area contributed by atoms with Gasteiger partial charge in [-0.15, -0.1) is 18.2 Å². The lowest BCUT2D eigenvalue weighted by atomic mass is 9.43. The van der Waals surface area contributed by atoms with Crippen LogP contribution in [0, 0.1) is 17.9 Å². The summed E-state index contributed by atoms with van der Waals surface area (Å²) in [7, 11) is 0. The summed E-state index contributed by atoms with van der Waals surface area (Å²) >= 11 is 7.12. The van der Waals surface area contributed by atoms with E-state index in [1.165, 1.54) is 5.56 Å². The molecule has 2 aromatic rings. The van der Waals surface area contributed by atoms with Crippen molar-refractivity contribution in [3.05, 3.63) is 59.1 Å². The molecule has 0 radical (unpaired) electrons. The molecule has 1 unspecified atom stereocenters. The van der Waals surface area contributed by atoms with Gasteiger partial charge in [-0.1, -0.05) is 45.9 Å². The predicted octanol–water partition coefficient (Wildman–Crippen LogP) is 5.18. The molecule has 6 rings (SSSR count). The maximum Gasteiger partial charge on any atom is 0.303 e. The molecule has 1 saturated carbocycles. The first-order chi connectivity index (χ1) is 14.4. The van der Waals surface area contributed by atoms with Crippen LogP contribution in [-0.4, -0.2) is 33.2 Å². The molecule has 3 aliphatic carbocycles. The van der Waals surface area contributed by atoms with Gasteiger partial charge in [-0.3, -0.25) is 0 Å². The smallest absolute Gasteiger partial charge is 0.303 e. The van der Waals surface area contributed by atoms with E-state index in [1.807, 2.05) is 13.0 Å². The zero-order chi connectivity index (χ0) is 22.4. The second-order valence-electron chi connectivity index (χ2n) is 11.4. The number of aromatic amines is 1. The molecular formula is C26H29ClN2O2. The fraction of sp³-hybridized carbons (Fsp3) is 0.577. The Morgan fingerprint density at radius 2 is 1.94 bits per heavy atom. The minimum Gasteiger partial charge on any atom is -0.377 e. The molecule has 7 atom stereocenters. The van der Waals surface area contributed by atoms with Gasteiger partial charge in [-0.2, -0.15) is 0 Å². The van der Waals surface area contributed by atoms with Crippen molar-refractivity contribution in [3.8, 4) is 0 Å². The summed E-state index contributed by atoms with van der Waals surface area (Å²) in [5, 5.41) is 13.8. The molecular weight excluding hydrogens is 408 g/mol. The van der Waals surface area contributed by atoms with Crippen molar-refractivity contribution in [2.45, 2.75) is 80.6 Å². The molecule has 4 aliphatic rings. The maximum absolute atomic E-state index is 13.1. The van der Waals surface area contributed by atoms with E-state index in [4.69, 9.17) is 22.9 Å². The largest absolute Gasteiger partial charge is 0.377 e. The number of ether oxygens (including phenoxy) is 1. The number of rotatable bonds is 1. The van der Waals surface area contributed by atoms with Crippen LogP contribution < -0.4 is 0 Å². The third-order valence-electron chi connectivity index (χ3n) is 9.63. The number of hydrogen-bond acceptors (Lipinski definition) is 2. The number of halogens is 1. The molecule has 4 nitrogen and oxygen atoms in total. The van der Waals surface area contributed by atoms with Crippen LogP contribution in [0.5, 0.6) is 0 Å². The number of benzene rings is 1. The molecule has 2 fully saturated rings. The van der Waals surface area contributed by atoms with E-state index in [2.05, 4.69) is 62.3 Å². The fourth-order valence-corrected chi connectivity index (χ4v) is 8.19. The van der Waals surface area contributed by atoms with E-state index in [0.29, 0.717) is 6.42 Å². The summed E-state index contributed by atoms with van der Waals surface area (Å²) in [6.07, 6.45) is 1.83. The molecule has 5 heteroatoms. The Hall–Kier alpha value is -1.80. The van der Waals surface area contributed by atoms with E-state index in [1.54, 1.807) is 0 Å². The molecule has 1 saturated heterocycles. The van der Waals surface area contributed by atoms with Crippen molar-refractivity contribution in [2.75, 3.05) is 0 Å². The van der Waals surface area contributed by atoms with E-state index >= 15 is 0 Å². The topological polar surface area (TPSA) is 52.9 Å². The normalized spacial score (nSPS) is 45.4. The second-order valence-corrected chi connectivity index (χ2v) is 11.9. The zero-order valence-electron chi connectivity index (χ0n) is 18.7. The van der Waals surface area contributed by atoms with Gasteiger partial charge < -0.3 is 19.7 Å². The number of fused-ring (bicyclic) bond motifs is 2.